The third-order valence-corrected chi connectivity index (χ3v) is 7.22. The highest BCUT2D eigenvalue weighted by molar-refractivity contribution is 7.92. The standard InChI is InChI=1S/C26H37N3O4S/c1-7-20(4)27-26(31)21(5)28(17-23-15-10-9-13-19(23)3)25(30)18-29(34(6,32)33)24-16-12-11-14-22(24)8-2/h9-16,20-21H,7-8,17-18H2,1-6H3,(H,27,31). The van der Waals surface area contributed by atoms with Crippen molar-refractivity contribution in [1.29, 1.82) is 0 Å². The highest BCUT2D eigenvalue weighted by atomic mass is 32.2. The van der Waals surface area contributed by atoms with E-state index in [1.807, 2.05) is 64.1 Å². The Bertz CT molecular complexity index is 1100. The highest BCUT2D eigenvalue weighted by Crippen LogP contribution is 2.24. The van der Waals surface area contributed by atoms with E-state index in [1.54, 1.807) is 19.1 Å². The Morgan fingerprint density at radius 2 is 1.56 bits per heavy atom. The van der Waals surface area contributed by atoms with Gasteiger partial charge in [-0.25, -0.2) is 8.42 Å². The molecule has 2 unspecified atom stereocenters. The Hall–Kier alpha value is -2.87. The molecule has 2 amide bonds. The Kier molecular flexibility index (Phi) is 9.67. The molecule has 0 fully saturated rings. The van der Waals surface area contributed by atoms with Crippen molar-refractivity contribution in [3.63, 3.8) is 0 Å². The number of carbonyl (C=O) groups is 2. The van der Waals surface area contributed by atoms with Crippen molar-refractivity contribution in [3.8, 4) is 0 Å². The van der Waals surface area contributed by atoms with Crippen molar-refractivity contribution in [3.05, 3.63) is 65.2 Å². The molecule has 2 aromatic carbocycles. The van der Waals surface area contributed by atoms with Crippen LogP contribution in [0.4, 0.5) is 5.69 Å². The minimum Gasteiger partial charge on any atom is -0.352 e. The first-order valence-corrected chi connectivity index (χ1v) is 13.5. The van der Waals surface area contributed by atoms with Crippen LogP contribution in [0, 0.1) is 6.92 Å². The van der Waals surface area contributed by atoms with E-state index < -0.39 is 22.0 Å². The Morgan fingerprint density at radius 3 is 2.12 bits per heavy atom. The molecule has 0 bridgehead atoms. The number of aryl methyl sites for hydroxylation is 2. The number of para-hydroxylation sites is 1. The summed E-state index contributed by atoms with van der Waals surface area (Å²) >= 11 is 0. The minimum atomic E-state index is -3.74. The molecule has 34 heavy (non-hydrogen) atoms. The van der Waals surface area contributed by atoms with E-state index in [-0.39, 0.29) is 25.0 Å². The van der Waals surface area contributed by atoms with Gasteiger partial charge in [0, 0.05) is 12.6 Å². The van der Waals surface area contributed by atoms with Crippen LogP contribution >= 0.6 is 0 Å². The van der Waals surface area contributed by atoms with Crippen LogP contribution in [0.5, 0.6) is 0 Å². The molecule has 0 aliphatic heterocycles. The van der Waals surface area contributed by atoms with E-state index in [0.29, 0.717) is 12.1 Å². The smallest absolute Gasteiger partial charge is 0.244 e. The molecule has 1 N–H and O–H groups in total. The second-order valence-corrected chi connectivity index (χ2v) is 10.6. The molecule has 0 saturated heterocycles. The molecule has 186 valence electrons. The van der Waals surface area contributed by atoms with E-state index in [0.717, 1.165) is 33.7 Å². The number of benzene rings is 2. The maximum Gasteiger partial charge on any atom is 0.244 e. The van der Waals surface area contributed by atoms with Gasteiger partial charge in [0.25, 0.3) is 0 Å². The molecular formula is C26H37N3O4S. The number of rotatable bonds is 11. The third-order valence-electron chi connectivity index (χ3n) is 6.09. The lowest BCUT2D eigenvalue weighted by Gasteiger charge is -2.32. The van der Waals surface area contributed by atoms with E-state index in [4.69, 9.17) is 0 Å². The Balaban J connectivity index is 2.44. The SMILES string of the molecule is CCc1ccccc1N(CC(=O)N(Cc1ccccc1C)C(C)C(=O)NC(C)CC)S(C)(=O)=O. The Labute approximate surface area is 204 Å². The zero-order valence-electron chi connectivity index (χ0n) is 21.0. The number of hydrogen-bond acceptors (Lipinski definition) is 4. The van der Waals surface area contributed by atoms with Gasteiger partial charge in [-0.15, -0.1) is 0 Å². The van der Waals surface area contributed by atoms with Crippen molar-refractivity contribution in [1.82, 2.24) is 10.2 Å². The normalized spacial score (nSPS) is 13.1. The van der Waals surface area contributed by atoms with E-state index >= 15 is 0 Å². The van der Waals surface area contributed by atoms with Gasteiger partial charge in [-0.05, 0) is 56.4 Å². The van der Waals surface area contributed by atoms with Crippen LogP contribution in [0.2, 0.25) is 0 Å². The van der Waals surface area contributed by atoms with Gasteiger partial charge in [-0.2, -0.15) is 0 Å². The van der Waals surface area contributed by atoms with Crippen LogP contribution in [0.1, 0.15) is 50.8 Å². The van der Waals surface area contributed by atoms with Gasteiger partial charge in [0.1, 0.15) is 12.6 Å². The van der Waals surface area contributed by atoms with E-state index in [2.05, 4.69) is 5.32 Å². The van der Waals surface area contributed by atoms with Crippen LogP contribution in [0.15, 0.2) is 48.5 Å². The first kappa shape index (κ1) is 27.4. The number of sulfonamides is 1. The maximum atomic E-state index is 13.6. The molecule has 0 spiro atoms. The van der Waals surface area contributed by atoms with Gasteiger partial charge in [0.2, 0.25) is 21.8 Å². The summed E-state index contributed by atoms with van der Waals surface area (Å²) in [6.07, 6.45) is 2.48. The summed E-state index contributed by atoms with van der Waals surface area (Å²) in [7, 11) is -3.74. The lowest BCUT2D eigenvalue weighted by atomic mass is 10.1. The van der Waals surface area contributed by atoms with Gasteiger partial charge in [-0.1, -0.05) is 56.3 Å². The molecule has 2 aromatic rings. The number of amides is 2. The zero-order valence-corrected chi connectivity index (χ0v) is 21.9. The molecule has 2 rings (SSSR count). The van der Waals surface area contributed by atoms with Crippen molar-refractivity contribution >= 4 is 27.5 Å². The van der Waals surface area contributed by atoms with E-state index in [9.17, 15) is 18.0 Å². The average Bonchev–Trinajstić information content (AvgIpc) is 2.80. The van der Waals surface area contributed by atoms with Gasteiger partial charge in [0.05, 0.1) is 11.9 Å². The molecule has 0 aliphatic carbocycles. The molecule has 2 atom stereocenters. The zero-order chi connectivity index (χ0) is 25.5. The summed E-state index contributed by atoms with van der Waals surface area (Å²) in [6.45, 7) is 9.26. The number of hydrogen-bond donors (Lipinski definition) is 1. The number of anilines is 1. The van der Waals surface area contributed by atoms with Crippen LogP contribution in [0.3, 0.4) is 0 Å². The van der Waals surface area contributed by atoms with Crippen molar-refractivity contribution < 1.29 is 18.0 Å². The molecule has 0 saturated carbocycles. The van der Waals surface area contributed by atoms with Crippen LogP contribution in [0.25, 0.3) is 0 Å². The topological polar surface area (TPSA) is 86.8 Å². The maximum absolute atomic E-state index is 13.6. The lowest BCUT2D eigenvalue weighted by Crippen LogP contribution is -2.52. The molecular weight excluding hydrogens is 450 g/mol. The molecule has 7 nitrogen and oxygen atoms in total. The summed E-state index contributed by atoms with van der Waals surface area (Å²) in [5.74, 6) is -0.706. The number of carbonyl (C=O) groups excluding carboxylic acids is 2. The Morgan fingerprint density at radius 1 is 0.971 bits per heavy atom. The monoisotopic (exact) mass is 487 g/mol. The quantitative estimate of drug-likeness (QED) is 0.524. The number of nitrogens with zero attached hydrogens (tertiary/aromatic N) is 2. The fourth-order valence-corrected chi connectivity index (χ4v) is 4.55. The fourth-order valence-electron chi connectivity index (χ4n) is 3.67. The van der Waals surface area contributed by atoms with Crippen LogP contribution in [-0.4, -0.2) is 50.0 Å². The second kappa shape index (κ2) is 12.0. The average molecular weight is 488 g/mol. The third kappa shape index (κ3) is 7.06. The van der Waals surface area contributed by atoms with Gasteiger partial charge in [0.15, 0.2) is 0 Å². The predicted molar refractivity (Wildman–Crippen MR) is 137 cm³/mol. The molecule has 0 aromatic heterocycles. The van der Waals surface area contributed by atoms with Crippen LogP contribution in [-0.2, 0) is 32.6 Å². The molecule has 0 radical (unpaired) electrons. The molecule has 8 heteroatoms. The predicted octanol–water partition coefficient (Wildman–Crippen LogP) is 3.66. The minimum absolute atomic E-state index is 0.0330. The van der Waals surface area contributed by atoms with Gasteiger partial charge < -0.3 is 10.2 Å². The van der Waals surface area contributed by atoms with E-state index in [1.165, 1.54) is 4.90 Å². The van der Waals surface area contributed by atoms with Crippen molar-refractivity contribution in [2.24, 2.45) is 0 Å². The first-order chi connectivity index (χ1) is 16.0. The fraction of sp³-hybridized carbons (Fsp3) is 0.462. The molecule has 0 heterocycles. The summed E-state index contributed by atoms with van der Waals surface area (Å²) in [5, 5.41) is 2.93. The number of nitrogens with one attached hydrogen (secondary N) is 1. The largest absolute Gasteiger partial charge is 0.352 e. The van der Waals surface area contributed by atoms with Crippen molar-refractivity contribution in [2.75, 3.05) is 17.1 Å². The first-order valence-electron chi connectivity index (χ1n) is 11.7. The van der Waals surface area contributed by atoms with Gasteiger partial charge >= 0.3 is 0 Å². The lowest BCUT2D eigenvalue weighted by molar-refractivity contribution is -0.139. The second-order valence-electron chi connectivity index (χ2n) is 8.69. The summed E-state index contributed by atoms with van der Waals surface area (Å²) in [5.41, 5.74) is 3.20. The van der Waals surface area contributed by atoms with Crippen LogP contribution < -0.4 is 9.62 Å². The highest BCUT2D eigenvalue weighted by Gasteiger charge is 2.31. The van der Waals surface area contributed by atoms with Crippen molar-refractivity contribution in [2.45, 2.75) is 66.1 Å². The summed E-state index contributed by atoms with van der Waals surface area (Å²) < 4.78 is 26.6. The van der Waals surface area contributed by atoms with Gasteiger partial charge in [-0.3, -0.25) is 13.9 Å². The summed E-state index contributed by atoms with van der Waals surface area (Å²) in [4.78, 5) is 28.0. The summed E-state index contributed by atoms with van der Waals surface area (Å²) in [6, 6.07) is 14.0. The molecule has 0 aliphatic rings.